The minimum Gasteiger partial charge on any atom is -0.252 e. The van der Waals surface area contributed by atoms with Crippen LogP contribution in [0.1, 0.15) is 19.3 Å². The lowest BCUT2D eigenvalue weighted by molar-refractivity contribution is 0.105. The van der Waals surface area contributed by atoms with Crippen molar-refractivity contribution in [2.45, 2.75) is 25.3 Å². The van der Waals surface area contributed by atoms with E-state index >= 15 is 0 Å². The fraction of sp³-hybridized carbons (Fsp3) is 1.00. The first-order valence-electron chi connectivity index (χ1n) is 3.46. The van der Waals surface area contributed by atoms with Gasteiger partial charge >= 0.3 is 0 Å². The second-order valence-electron chi connectivity index (χ2n) is 2.74. The summed E-state index contributed by atoms with van der Waals surface area (Å²) in [5.74, 6) is 0. The van der Waals surface area contributed by atoms with Gasteiger partial charge in [0.25, 0.3) is 0 Å². The van der Waals surface area contributed by atoms with Gasteiger partial charge in [0.1, 0.15) is 0 Å². The number of hydrogen-bond donors (Lipinski definition) is 1. The standard InChI is InChI=1S/C6H12N2/c1-4-8(5-1)7-6-2-3-6/h6-7H,1-5H2. The molecule has 0 aromatic rings. The van der Waals surface area contributed by atoms with Crippen molar-refractivity contribution in [2.75, 3.05) is 13.1 Å². The zero-order valence-electron chi connectivity index (χ0n) is 5.06. The highest BCUT2D eigenvalue weighted by Crippen LogP contribution is 2.20. The van der Waals surface area contributed by atoms with Gasteiger partial charge in [-0.2, -0.15) is 0 Å². The summed E-state index contributed by atoms with van der Waals surface area (Å²) in [6, 6.07) is 0.857. The van der Waals surface area contributed by atoms with Crippen LogP contribution in [0, 0.1) is 0 Å². The lowest BCUT2D eigenvalue weighted by atomic mass is 10.3. The highest BCUT2D eigenvalue weighted by Gasteiger charge is 2.25. The minimum atomic E-state index is 0.857. The molecule has 0 unspecified atom stereocenters. The van der Waals surface area contributed by atoms with Crippen molar-refractivity contribution >= 4 is 0 Å². The molecule has 0 radical (unpaired) electrons. The minimum absolute atomic E-state index is 0.857. The summed E-state index contributed by atoms with van der Waals surface area (Å²) in [4.78, 5) is 0. The fourth-order valence-electron chi connectivity index (χ4n) is 0.916. The van der Waals surface area contributed by atoms with Crippen LogP contribution >= 0.6 is 0 Å². The smallest absolute Gasteiger partial charge is 0.0216 e. The van der Waals surface area contributed by atoms with E-state index in [9.17, 15) is 0 Å². The Labute approximate surface area is 49.8 Å². The Hall–Kier alpha value is -0.0800. The van der Waals surface area contributed by atoms with E-state index in [1.807, 2.05) is 0 Å². The summed E-state index contributed by atoms with van der Waals surface area (Å²) in [6.07, 6.45) is 4.19. The zero-order chi connectivity index (χ0) is 5.40. The van der Waals surface area contributed by atoms with Crippen LogP contribution in [0.3, 0.4) is 0 Å². The predicted octanol–water partition coefficient (Wildman–Crippen LogP) is 0.359. The van der Waals surface area contributed by atoms with Gasteiger partial charge in [-0.15, -0.1) is 0 Å². The summed E-state index contributed by atoms with van der Waals surface area (Å²) in [7, 11) is 0. The summed E-state index contributed by atoms with van der Waals surface area (Å²) >= 11 is 0. The van der Waals surface area contributed by atoms with E-state index < -0.39 is 0 Å². The van der Waals surface area contributed by atoms with Crippen molar-refractivity contribution in [1.82, 2.24) is 10.4 Å². The van der Waals surface area contributed by atoms with Crippen molar-refractivity contribution in [3.05, 3.63) is 0 Å². The normalized spacial score (nSPS) is 30.0. The maximum Gasteiger partial charge on any atom is 0.0216 e. The Morgan fingerprint density at radius 3 is 2.38 bits per heavy atom. The Balaban J connectivity index is 1.66. The van der Waals surface area contributed by atoms with Crippen molar-refractivity contribution in [3.63, 3.8) is 0 Å². The third kappa shape index (κ3) is 0.858. The first-order chi connectivity index (χ1) is 3.95. The van der Waals surface area contributed by atoms with Crippen LogP contribution in [0.25, 0.3) is 0 Å². The monoisotopic (exact) mass is 112 g/mol. The van der Waals surface area contributed by atoms with Gasteiger partial charge in [-0.25, -0.2) is 5.01 Å². The highest BCUT2D eigenvalue weighted by molar-refractivity contribution is 4.81. The molecule has 2 heteroatoms. The Kier molecular flexibility index (Phi) is 1.02. The van der Waals surface area contributed by atoms with E-state index in [2.05, 4.69) is 10.4 Å². The molecule has 2 aliphatic rings. The van der Waals surface area contributed by atoms with Gasteiger partial charge in [-0.3, -0.25) is 5.43 Å². The van der Waals surface area contributed by atoms with Gasteiger partial charge in [0, 0.05) is 19.1 Å². The molecule has 2 rings (SSSR count). The molecule has 1 aliphatic heterocycles. The molecule has 1 aliphatic carbocycles. The molecule has 0 atom stereocenters. The Morgan fingerprint density at radius 1 is 1.25 bits per heavy atom. The van der Waals surface area contributed by atoms with E-state index in [0.29, 0.717) is 0 Å². The average molecular weight is 112 g/mol. The summed E-state index contributed by atoms with van der Waals surface area (Å²) in [5, 5.41) is 2.32. The van der Waals surface area contributed by atoms with Gasteiger partial charge in [0.2, 0.25) is 0 Å². The van der Waals surface area contributed by atoms with E-state index in [4.69, 9.17) is 0 Å². The molecule has 0 amide bonds. The van der Waals surface area contributed by atoms with Gasteiger partial charge < -0.3 is 0 Å². The Bertz CT molecular complexity index is 84.5. The zero-order valence-corrected chi connectivity index (χ0v) is 5.06. The molecule has 0 aromatic carbocycles. The number of hydrogen-bond acceptors (Lipinski definition) is 2. The summed E-state index contributed by atoms with van der Waals surface area (Å²) < 4.78 is 0. The summed E-state index contributed by atoms with van der Waals surface area (Å²) in [5.41, 5.74) is 3.42. The molecule has 2 fully saturated rings. The highest BCUT2D eigenvalue weighted by atomic mass is 15.5. The van der Waals surface area contributed by atoms with E-state index in [0.717, 1.165) is 6.04 Å². The molecule has 1 heterocycles. The molecule has 1 N–H and O–H groups in total. The van der Waals surface area contributed by atoms with Crippen molar-refractivity contribution < 1.29 is 0 Å². The van der Waals surface area contributed by atoms with Crippen molar-refractivity contribution in [3.8, 4) is 0 Å². The van der Waals surface area contributed by atoms with Crippen LogP contribution in [0.15, 0.2) is 0 Å². The number of hydrazine groups is 1. The largest absolute Gasteiger partial charge is 0.252 e. The second kappa shape index (κ2) is 1.71. The van der Waals surface area contributed by atoms with Gasteiger partial charge in [-0.1, -0.05) is 0 Å². The van der Waals surface area contributed by atoms with Crippen LogP contribution in [-0.4, -0.2) is 24.1 Å². The van der Waals surface area contributed by atoms with Crippen LogP contribution in [0.2, 0.25) is 0 Å². The molecule has 0 aromatic heterocycles. The SMILES string of the molecule is C1CN(NC2CC2)C1. The Morgan fingerprint density at radius 2 is 2.00 bits per heavy atom. The van der Waals surface area contributed by atoms with Gasteiger partial charge in [0.05, 0.1) is 0 Å². The lowest BCUT2D eigenvalue weighted by Gasteiger charge is -2.31. The molecule has 0 bridgehead atoms. The number of nitrogens with zero attached hydrogens (tertiary/aromatic N) is 1. The average Bonchev–Trinajstić information content (AvgIpc) is 2.36. The third-order valence-electron chi connectivity index (χ3n) is 1.80. The number of rotatable bonds is 2. The molecular weight excluding hydrogens is 100 g/mol. The van der Waals surface area contributed by atoms with E-state index in [1.54, 1.807) is 0 Å². The molecular formula is C6H12N2. The van der Waals surface area contributed by atoms with Crippen LogP contribution in [0.4, 0.5) is 0 Å². The predicted molar refractivity (Wildman–Crippen MR) is 32.3 cm³/mol. The molecule has 0 spiro atoms. The number of nitrogens with one attached hydrogen (secondary N) is 1. The fourth-order valence-corrected chi connectivity index (χ4v) is 0.916. The van der Waals surface area contributed by atoms with E-state index in [1.165, 1.54) is 32.4 Å². The first-order valence-corrected chi connectivity index (χ1v) is 3.46. The summed E-state index contributed by atoms with van der Waals surface area (Å²) in [6.45, 7) is 2.55. The van der Waals surface area contributed by atoms with Crippen LogP contribution < -0.4 is 5.43 Å². The van der Waals surface area contributed by atoms with E-state index in [-0.39, 0.29) is 0 Å². The first kappa shape index (κ1) is 4.77. The van der Waals surface area contributed by atoms with Crippen LogP contribution in [-0.2, 0) is 0 Å². The third-order valence-corrected chi connectivity index (χ3v) is 1.80. The second-order valence-corrected chi connectivity index (χ2v) is 2.74. The van der Waals surface area contributed by atoms with Gasteiger partial charge in [-0.05, 0) is 19.3 Å². The molecule has 2 nitrogen and oxygen atoms in total. The molecule has 1 saturated heterocycles. The van der Waals surface area contributed by atoms with Crippen molar-refractivity contribution in [2.24, 2.45) is 0 Å². The quantitative estimate of drug-likeness (QED) is 0.555. The maximum absolute atomic E-state index is 3.42. The lowest BCUT2D eigenvalue weighted by Crippen LogP contribution is -2.48. The molecule has 46 valence electrons. The van der Waals surface area contributed by atoms with Gasteiger partial charge in [0.15, 0.2) is 0 Å². The molecule has 1 saturated carbocycles. The maximum atomic E-state index is 3.42. The topological polar surface area (TPSA) is 15.3 Å². The van der Waals surface area contributed by atoms with Crippen LogP contribution in [0.5, 0.6) is 0 Å². The molecule has 8 heavy (non-hydrogen) atoms. The van der Waals surface area contributed by atoms with Crippen molar-refractivity contribution in [1.29, 1.82) is 0 Å².